The van der Waals surface area contributed by atoms with Crippen molar-refractivity contribution in [3.05, 3.63) is 55.0 Å². The Morgan fingerprint density at radius 3 is 2.55 bits per heavy atom. The van der Waals surface area contributed by atoms with Crippen molar-refractivity contribution in [1.82, 2.24) is 14.4 Å². The average molecular weight is 670 g/mol. The van der Waals surface area contributed by atoms with Gasteiger partial charge < -0.3 is 29.5 Å². The highest BCUT2D eigenvalue weighted by atomic mass is 127. The van der Waals surface area contributed by atoms with E-state index in [9.17, 15) is 23.9 Å². The number of carbonyl (C=O) groups excluding carboxylic acids is 2. The lowest BCUT2D eigenvalue weighted by molar-refractivity contribution is -0.137. The van der Waals surface area contributed by atoms with Crippen LogP contribution in [0.15, 0.2) is 23.0 Å². The molecular weight excluding hydrogens is 637 g/mol. The van der Waals surface area contributed by atoms with Crippen LogP contribution in [0.5, 0.6) is 0 Å². The number of hydrogen-bond donors (Lipinski definition) is 2. The highest BCUT2D eigenvalue weighted by molar-refractivity contribution is 14.1. The molecule has 9 nitrogen and oxygen atoms in total. The number of hydrogen-bond acceptors (Lipinski definition) is 6. The minimum absolute atomic E-state index is 0.0396. The first-order valence-electron chi connectivity index (χ1n) is 13.5. The average Bonchev–Trinajstić information content (AvgIpc) is 3.35. The molecule has 0 unspecified atom stereocenters. The van der Waals surface area contributed by atoms with Crippen LogP contribution in [0.1, 0.15) is 62.5 Å². The van der Waals surface area contributed by atoms with Gasteiger partial charge in [0.2, 0.25) is 5.82 Å². The molecule has 0 radical (unpaired) electrons. The minimum Gasteiger partial charge on any atom is -0.444 e. The smallest absolute Gasteiger partial charge is 0.410 e. The number of halogens is 3. The molecule has 216 valence electrons. The molecule has 2 N–H and O–H groups in total. The van der Waals surface area contributed by atoms with Gasteiger partial charge in [0.15, 0.2) is 0 Å². The molecule has 4 heterocycles. The number of aromatic nitrogens is 1. The van der Waals surface area contributed by atoms with Crippen molar-refractivity contribution in [3.8, 4) is 0 Å². The Balaban J connectivity index is 1.44. The van der Waals surface area contributed by atoms with Crippen LogP contribution < -0.4 is 10.9 Å². The lowest BCUT2D eigenvalue weighted by Gasteiger charge is -2.54. The normalized spacial score (nSPS) is 20.1. The van der Waals surface area contributed by atoms with Crippen molar-refractivity contribution in [2.24, 2.45) is 0 Å². The number of benzene rings is 1. The van der Waals surface area contributed by atoms with Gasteiger partial charge in [0.05, 0.1) is 36.1 Å². The van der Waals surface area contributed by atoms with Crippen LogP contribution in [0.25, 0.3) is 0 Å². The van der Waals surface area contributed by atoms with Gasteiger partial charge in [0.25, 0.3) is 11.5 Å². The Kier molecular flexibility index (Phi) is 7.62. The van der Waals surface area contributed by atoms with Crippen molar-refractivity contribution in [3.63, 3.8) is 0 Å². The summed E-state index contributed by atoms with van der Waals surface area (Å²) < 4.78 is 37.6. The van der Waals surface area contributed by atoms with Gasteiger partial charge in [-0.15, -0.1) is 0 Å². The van der Waals surface area contributed by atoms with Gasteiger partial charge in [-0.2, -0.15) is 4.39 Å². The summed E-state index contributed by atoms with van der Waals surface area (Å²) in [5, 5.41) is 14.2. The van der Waals surface area contributed by atoms with E-state index in [4.69, 9.17) is 4.74 Å². The molecule has 2 saturated heterocycles. The maximum Gasteiger partial charge on any atom is 0.410 e. The predicted molar refractivity (Wildman–Crippen MR) is 153 cm³/mol. The van der Waals surface area contributed by atoms with Gasteiger partial charge in [-0.25, -0.2) is 9.18 Å². The molecule has 3 aliphatic heterocycles. The van der Waals surface area contributed by atoms with Crippen LogP contribution in [0.4, 0.5) is 25.0 Å². The minimum atomic E-state index is -1.36. The van der Waals surface area contributed by atoms with E-state index in [2.05, 4.69) is 5.32 Å². The number of β-amino-alcohol motifs (C(OH)–C–C–N with tert-alkyl or cyclic N) is 1. The van der Waals surface area contributed by atoms with E-state index in [0.717, 1.165) is 12.8 Å². The van der Waals surface area contributed by atoms with Crippen molar-refractivity contribution in [2.75, 3.05) is 25.0 Å². The van der Waals surface area contributed by atoms with Crippen LogP contribution in [0.3, 0.4) is 0 Å². The molecular formula is C28H33F2IN4O5. The third kappa shape index (κ3) is 5.31. The molecule has 0 spiro atoms. The number of nitrogens with one attached hydrogen (secondary N) is 1. The molecule has 1 atom stereocenters. The molecule has 0 saturated carbocycles. The Morgan fingerprint density at radius 1 is 1.15 bits per heavy atom. The second kappa shape index (κ2) is 10.6. The standard InChI is InChI=1S/C28H33F2IN4O5/c1-27(2,3)40-26(38)35-11-5-4-8-20(35)28(39)14-33(15-28)24(36)21-19-7-6-12-34(19)25(37)22(30)23(21)32-18-10-9-16(31)13-17(18)29/h9-10,13,20,32,39H,4-8,11-12,14-15H2,1-3H3/t20-/m0/s1. The molecule has 2 amide bonds. The van der Waals surface area contributed by atoms with Gasteiger partial charge in [-0.1, -0.05) is 0 Å². The van der Waals surface area contributed by atoms with Gasteiger partial charge in [-0.05, 0) is 93.7 Å². The second-order valence-electron chi connectivity index (χ2n) is 11.8. The largest absolute Gasteiger partial charge is 0.444 e. The van der Waals surface area contributed by atoms with E-state index < -0.39 is 46.4 Å². The summed E-state index contributed by atoms with van der Waals surface area (Å²) in [6.45, 7) is 5.89. The molecule has 1 aromatic carbocycles. The lowest BCUT2D eigenvalue weighted by Crippen LogP contribution is -2.73. The Bertz CT molecular complexity index is 1420. The van der Waals surface area contributed by atoms with E-state index in [0.29, 0.717) is 35.1 Å². The monoisotopic (exact) mass is 670 g/mol. The highest BCUT2D eigenvalue weighted by Crippen LogP contribution is 2.38. The number of carbonyl (C=O) groups is 2. The van der Waals surface area contributed by atoms with E-state index in [1.54, 1.807) is 31.7 Å². The fourth-order valence-corrected chi connectivity index (χ4v) is 6.32. The summed E-state index contributed by atoms with van der Waals surface area (Å²) in [7, 11) is 0. The summed E-state index contributed by atoms with van der Waals surface area (Å²) in [5.41, 5.74) is -3.02. The van der Waals surface area contributed by atoms with Crippen LogP contribution in [-0.2, 0) is 17.7 Å². The van der Waals surface area contributed by atoms with Crippen molar-refractivity contribution in [1.29, 1.82) is 0 Å². The molecule has 5 rings (SSSR count). The second-order valence-corrected chi connectivity index (χ2v) is 13.0. The summed E-state index contributed by atoms with van der Waals surface area (Å²) in [6, 6.07) is 3.77. The van der Waals surface area contributed by atoms with E-state index >= 15 is 4.39 Å². The first-order valence-corrected chi connectivity index (χ1v) is 14.6. The summed E-state index contributed by atoms with van der Waals surface area (Å²) >= 11 is 1.95. The topological polar surface area (TPSA) is 104 Å². The molecule has 1 aromatic heterocycles. The number of fused-ring (bicyclic) bond motifs is 1. The predicted octanol–water partition coefficient (Wildman–Crippen LogP) is 4.40. The Morgan fingerprint density at radius 2 is 1.88 bits per heavy atom. The number of nitrogens with zero attached hydrogens (tertiary/aromatic N) is 3. The SMILES string of the molecule is CC(C)(C)OC(=O)N1CCCC[C@H]1C1(O)CN(C(=O)c2c(Nc3ccc(I)cc3F)c(F)c(=O)n3c2CCC3)C1. The highest BCUT2D eigenvalue weighted by Gasteiger charge is 2.54. The fourth-order valence-electron chi connectivity index (χ4n) is 5.87. The van der Waals surface area contributed by atoms with Gasteiger partial charge in [0.1, 0.15) is 17.0 Å². The van der Waals surface area contributed by atoms with Crippen molar-refractivity contribution >= 4 is 46.0 Å². The zero-order valence-corrected chi connectivity index (χ0v) is 24.9. The van der Waals surface area contributed by atoms with Crippen LogP contribution >= 0.6 is 22.6 Å². The van der Waals surface area contributed by atoms with Crippen LogP contribution in [0.2, 0.25) is 0 Å². The van der Waals surface area contributed by atoms with Gasteiger partial charge in [-0.3, -0.25) is 9.59 Å². The van der Waals surface area contributed by atoms with E-state index in [-0.39, 0.29) is 36.6 Å². The number of likely N-dealkylation sites (tertiary alicyclic amines) is 2. The van der Waals surface area contributed by atoms with Crippen molar-refractivity contribution in [2.45, 2.75) is 76.7 Å². The van der Waals surface area contributed by atoms with E-state index in [1.165, 1.54) is 21.6 Å². The number of amides is 2. The lowest BCUT2D eigenvalue weighted by atomic mass is 9.80. The number of pyridine rings is 1. The number of rotatable bonds is 4. The maximum absolute atomic E-state index is 15.5. The number of ether oxygens (including phenoxy) is 1. The third-order valence-electron chi connectivity index (χ3n) is 7.68. The fraction of sp³-hybridized carbons (Fsp3) is 0.536. The van der Waals surface area contributed by atoms with Gasteiger partial charge in [0, 0.05) is 22.4 Å². The molecule has 2 aromatic rings. The molecule has 12 heteroatoms. The molecule has 2 fully saturated rings. The molecule has 40 heavy (non-hydrogen) atoms. The van der Waals surface area contributed by atoms with Crippen LogP contribution in [-0.4, -0.2) is 68.4 Å². The molecule has 3 aliphatic rings. The third-order valence-corrected chi connectivity index (χ3v) is 8.36. The molecule has 0 bridgehead atoms. The summed E-state index contributed by atoms with van der Waals surface area (Å²) in [5.74, 6) is -2.38. The zero-order valence-electron chi connectivity index (χ0n) is 22.7. The summed E-state index contributed by atoms with van der Waals surface area (Å²) in [4.78, 5) is 42.5. The van der Waals surface area contributed by atoms with Crippen LogP contribution in [0, 0.1) is 15.2 Å². The van der Waals surface area contributed by atoms with E-state index in [1.807, 2.05) is 22.6 Å². The zero-order chi connectivity index (χ0) is 29.0. The maximum atomic E-state index is 15.5. The first-order chi connectivity index (χ1) is 18.8. The quantitative estimate of drug-likeness (QED) is 0.468. The molecule has 0 aliphatic carbocycles. The van der Waals surface area contributed by atoms with Crippen molar-refractivity contribution < 1.29 is 28.2 Å². The number of anilines is 2. The number of piperidine rings is 1. The first kappa shape index (κ1) is 28.8. The Hall–Kier alpha value is -2.74. The summed E-state index contributed by atoms with van der Waals surface area (Å²) in [6.07, 6.45) is 2.59. The Labute approximate surface area is 244 Å². The van der Waals surface area contributed by atoms with Gasteiger partial charge >= 0.3 is 6.09 Å². The number of aliphatic hydroxyl groups is 1.